The van der Waals surface area contributed by atoms with Gasteiger partial charge < -0.3 is 14.2 Å². The second kappa shape index (κ2) is 8.59. The molecule has 6 nitrogen and oxygen atoms in total. The van der Waals surface area contributed by atoms with E-state index in [1.807, 2.05) is 42.2 Å². The molecule has 3 heterocycles. The van der Waals surface area contributed by atoms with E-state index in [0.717, 1.165) is 61.7 Å². The van der Waals surface area contributed by atoms with Gasteiger partial charge in [-0.25, -0.2) is 0 Å². The van der Waals surface area contributed by atoms with Crippen molar-refractivity contribution >= 4 is 12.0 Å². The third-order valence-corrected chi connectivity index (χ3v) is 5.58. The summed E-state index contributed by atoms with van der Waals surface area (Å²) in [6.45, 7) is 4.36. The first kappa shape index (κ1) is 18.7. The minimum absolute atomic E-state index is 0.0387. The molecule has 0 aliphatic carbocycles. The SMILES string of the molecule is CCOc1ccc(/C=C/C(=O)N2CCCC2c2nnc3n2CCCCC3)cc1. The molecule has 6 heteroatoms. The molecule has 1 amide bonds. The number of hydrogen-bond donors (Lipinski definition) is 0. The Morgan fingerprint density at radius 3 is 2.82 bits per heavy atom. The van der Waals surface area contributed by atoms with Crippen molar-refractivity contribution in [3.8, 4) is 5.75 Å². The van der Waals surface area contributed by atoms with Crippen LogP contribution in [0.15, 0.2) is 30.3 Å². The second-order valence-electron chi connectivity index (χ2n) is 7.46. The molecule has 0 saturated carbocycles. The molecule has 1 fully saturated rings. The van der Waals surface area contributed by atoms with Crippen molar-refractivity contribution in [2.45, 2.75) is 58.0 Å². The molecule has 1 aromatic carbocycles. The Labute approximate surface area is 166 Å². The van der Waals surface area contributed by atoms with Crippen LogP contribution in [0.3, 0.4) is 0 Å². The van der Waals surface area contributed by atoms with E-state index < -0.39 is 0 Å². The largest absolute Gasteiger partial charge is 0.494 e. The predicted octanol–water partition coefficient (Wildman–Crippen LogP) is 3.78. The van der Waals surface area contributed by atoms with Crippen molar-refractivity contribution < 1.29 is 9.53 Å². The minimum Gasteiger partial charge on any atom is -0.494 e. The molecular formula is C22H28N4O2. The first-order valence-corrected chi connectivity index (χ1v) is 10.4. The Hall–Kier alpha value is -2.63. The van der Waals surface area contributed by atoms with Gasteiger partial charge in [-0.05, 0) is 56.4 Å². The molecule has 1 atom stereocenters. The highest BCUT2D eigenvalue weighted by Crippen LogP contribution is 2.32. The topological polar surface area (TPSA) is 60.2 Å². The third-order valence-electron chi connectivity index (χ3n) is 5.58. The van der Waals surface area contributed by atoms with Crippen molar-refractivity contribution in [3.05, 3.63) is 47.6 Å². The zero-order chi connectivity index (χ0) is 19.3. The summed E-state index contributed by atoms with van der Waals surface area (Å²) in [6.07, 6.45) is 10.1. The van der Waals surface area contributed by atoms with Gasteiger partial charge in [0.15, 0.2) is 5.82 Å². The molecule has 0 radical (unpaired) electrons. The highest BCUT2D eigenvalue weighted by atomic mass is 16.5. The maximum absolute atomic E-state index is 12.9. The molecule has 28 heavy (non-hydrogen) atoms. The number of nitrogens with zero attached hydrogens (tertiary/aromatic N) is 4. The highest BCUT2D eigenvalue weighted by molar-refractivity contribution is 5.92. The van der Waals surface area contributed by atoms with E-state index in [1.54, 1.807) is 6.08 Å². The molecule has 4 rings (SSSR count). The zero-order valence-corrected chi connectivity index (χ0v) is 16.5. The Morgan fingerprint density at radius 2 is 2.00 bits per heavy atom. The van der Waals surface area contributed by atoms with Gasteiger partial charge in [-0.2, -0.15) is 0 Å². The lowest BCUT2D eigenvalue weighted by Gasteiger charge is -2.23. The fraction of sp³-hybridized carbons (Fsp3) is 0.500. The summed E-state index contributed by atoms with van der Waals surface area (Å²) in [5.74, 6) is 2.94. The van der Waals surface area contributed by atoms with Crippen molar-refractivity contribution in [1.82, 2.24) is 19.7 Å². The number of likely N-dealkylation sites (tertiary alicyclic amines) is 1. The Morgan fingerprint density at radius 1 is 1.14 bits per heavy atom. The number of ether oxygens (including phenoxy) is 1. The number of carbonyl (C=O) groups excluding carboxylic acids is 1. The van der Waals surface area contributed by atoms with Crippen LogP contribution in [0.4, 0.5) is 0 Å². The van der Waals surface area contributed by atoms with Crippen molar-refractivity contribution in [3.63, 3.8) is 0 Å². The van der Waals surface area contributed by atoms with E-state index >= 15 is 0 Å². The molecule has 1 aromatic heterocycles. The fourth-order valence-corrected chi connectivity index (χ4v) is 4.16. The number of aryl methyl sites for hydroxylation is 1. The van der Waals surface area contributed by atoms with Gasteiger partial charge in [0.25, 0.3) is 0 Å². The van der Waals surface area contributed by atoms with E-state index in [9.17, 15) is 4.79 Å². The fourth-order valence-electron chi connectivity index (χ4n) is 4.16. The van der Waals surface area contributed by atoms with Gasteiger partial charge in [0.2, 0.25) is 5.91 Å². The van der Waals surface area contributed by atoms with Gasteiger partial charge in [-0.3, -0.25) is 4.79 Å². The van der Waals surface area contributed by atoms with Crippen LogP contribution in [0.5, 0.6) is 5.75 Å². The molecule has 2 aliphatic heterocycles. The molecule has 1 unspecified atom stereocenters. The molecule has 148 valence electrons. The summed E-state index contributed by atoms with van der Waals surface area (Å²) in [5, 5.41) is 8.90. The lowest BCUT2D eigenvalue weighted by atomic mass is 10.2. The molecule has 0 N–H and O–H groups in total. The van der Waals surface area contributed by atoms with E-state index in [-0.39, 0.29) is 11.9 Å². The van der Waals surface area contributed by atoms with E-state index in [2.05, 4.69) is 14.8 Å². The molecule has 1 saturated heterocycles. The number of carbonyl (C=O) groups is 1. The maximum Gasteiger partial charge on any atom is 0.247 e. The summed E-state index contributed by atoms with van der Waals surface area (Å²) in [5.41, 5.74) is 0.990. The number of benzene rings is 1. The van der Waals surface area contributed by atoms with Crippen molar-refractivity contribution in [2.24, 2.45) is 0 Å². The van der Waals surface area contributed by atoms with Gasteiger partial charge in [0.05, 0.1) is 12.6 Å². The lowest BCUT2D eigenvalue weighted by molar-refractivity contribution is -0.127. The maximum atomic E-state index is 12.9. The zero-order valence-electron chi connectivity index (χ0n) is 16.5. The number of hydrogen-bond acceptors (Lipinski definition) is 4. The molecule has 0 spiro atoms. The second-order valence-corrected chi connectivity index (χ2v) is 7.46. The standard InChI is InChI=1S/C22H28N4O2/c1-2-28-18-12-9-17(10-13-18)11-14-21(27)25-16-6-7-19(25)22-24-23-20-8-4-3-5-15-26(20)22/h9-14,19H,2-8,15-16H2,1H3/b14-11+. The summed E-state index contributed by atoms with van der Waals surface area (Å²) >= 11 is 0. The van der Waals surface area contributed by atoms with Crippen molar-refractivity contribution in [1.29, 1.82) is 0 Å². The predicted molar refractivity (Wildman–Crippen MR) is 108 cm³/mol. The third kappa shape index (κ3) is 3.96. The van der Waals surface area contributed by atoms with Crippen LogP contribution < -0.4 is 4.74 Å². The first-order chi connectivity index (χ1) is 13.8. The molecule has 2 aliphatic rings. The van der Waals surface area contributed by atoms with Crippen LogP contribution >= 0.6 is 0 Å². The van der Waals surface area contributed by atoms with E-state index in [0.29, 0.717) is 6.61 Å². The quantitative estimate of drug-likeness (QED) is 0.741. The first-order valence-electron chi connectivity index (χ1n) is 10.4. The van der Waals surface area contributed by atoms with Crippen LogP contribution in [-0.2, 0) is 17.8 Å². The summed E-state index contributed by atoms with van der Waals surface area (Å²) in [4.78, 5) is 14.8. The minimum atomic E-state index is 0.0387. The number of fused-ring (bicyclic) bond motifs is 1. The Kier molecular flexibility index (Phi) is 5.74. The van der Waals surface area contributed by atoms with Crippen LogP contribution in [-0.4, -0.2) is 38.7 Å². The van der Waals surface area contributed by atoms with Crippen LogP contribution in [0.2, 0.25) is 0 Å². The normalized spacial score (nSPS) is 19.6. The Bertz CT molecular complexity index is 841. The van der Waals surface area contributed by atoms with Gasteiger partial charge in [0.1, 0.15) is 11.6 Å². The molecule has 2 aromatic rings. The van der Waals surface area contributed by atoms with Gasteiger partial charge in [0, 0.05) is 25.6 Å². The summed E-state index contributed by atoms with van der Waals surface area (Å²) in [6, 6.07) is 7.83. The van der Waals surface area contributed by atoms with E-state index in [1.165, 1.54) is 12.8 Å². The lowest BCUT2D eigenvalue weighted by Crippen LogP contribution is -2.30. The smallest absolute Gasteiger partial charge is 0.247 e. The van der Waals surface area contributed by atoms with Crippen LogP contribution in [0.1, 0.15) is 62.3 Å². The average molecular weight is 380 g/mol. The van der Waals surface area contributed by atoms with E-state index in [4.69, 9.17) is 4.74 Å². The molecular weight excluding hydrogens is 352 g/mol. The summed E-state index contributed by atoms with van der Waals surface area (Å²) < 4.78 is 7.73. The van der Waals surface area contributed by atoms with Crippen LogP contribution in [0, 0.1) is 0 Å². The van der Waals surface area contributed by atoms with Gasteiger partial charge in [-0.15, -0.1) is 10.2 Å². The average Bonchev–Trinajstić information content (AvgIpc) is 3.28. The Balaban J connectivity index is 1.47. The summed E-state index contributed by atoms with van der Waals surface area (Å²) in [7, 11) is 0. The van der Waals surface area contributed by atoms with Gasteiger partial charge >= 0.3 is 0 Å². The van der Waals surface area contributed by atoms with Gasteiger partial charge in [-0.1, -0.05) is 18.6 Å². The van der Waals surface area contributed by atoms with Crippen molar-refractivity contribution in [2.75, 3.05) is 13.2 Å². The number of aromatic nitrogens is 3. The van der Waals surface area contributed by atoms with Crippen LogP contribution in [0.25, 0.3) is 6.08 Å². The highest BCUT2D eigenvalue weighted by Gasteiger charge is 2.33. The monoisotopic (exact) mass is 380 g/mol. The molecule has 0 bridgehead atoms. The number of rotatable bonds is 5. The number of amides is 1.